The van der Waals surface area contributed by atoms with E-state index in [0.717, 1.165) is 42.4 Å². The molecule has 1 aromatic heterocycles. The molecule has 0 bridgehead atoms. The van der Waals surface area contributed by atoms with Gasteiger partial charge in [0.25, 0.3) is 0 Å². The van der Waals surface area contributed by atoms with Crippen LogP contribution in [-0.2, 0) is 24.9 Å². The summed E-state index contributed by atoms with van der Waals surface area (Å²) in [5.41, 5.74) is 10.1. The summed E-state index contributed by atoms with van der Waals surface area (Å²) in [5, 5.41) is 13.8. The van der Waals surface area contributed by atoms with Gasteiger partial charge in [-0.25, -0.2) is 0 Å². The summed E-state index contributed by atoms with van der Waals surface area (Å²) in [6.07, 6.45) is 15.6. The van der Waals surface area contributed by atoms with E-state index in [9.17, 15) is 9.90 Å². The van der Waals surface area contributed by atoms with Gasteiger partial charge in [0.2, 0.25) is 0 Å². The van der Waals surface area contributed by atoms with E-state index in [4.69, 9.17) is 4.98 Å². The summed E-state index contributed by atoms with van der Waals surface area (Å²) >= 11 is 0. The minimum Gasteiger partial charge on any atom is -0.512 e. The van der Waals surface area contributed by atoms with Gasteiger partial charge in [-0.2, -0.15) is 0 Å². The van der Waals surface area contributed by atoms with Crippen molar-refractivity contribution in [1.29, 1.82) is 0 Å². The molecule has 1 N–H and O–H groups in total. The molecule has 0 unspecified atom stereocenters. The van der Waals surface area contributed by atoms with Crippen molar-refractivity contribution in [3.63, 3.8) is 0 Å². The van der Waals surface area contributed by atoms with Gasteiger partial charge in [0.15, 0.2) is 5.78 Å². The number of benzene rings is 3. The molecule has 4 aromatic rings. The zero-order valence-corrected chi connectivity index (χ0v) is 37.6. The first-order valence-corrected chi connectivity index (χ1v) is 24.3. The number of carbonyl (C=O) groups is 1. The maximum absolute atomic E-state index is 11.7. The van der Waals surface area contributed by atoms with Crippen LogP contribution in [0.5, 0.6) is 0 Å². The van der Waals surface area contributed by atoms with Crippen LogP contribution in [0.4, 0.5) is 0 Å². The van der Waals surface area contributed by atoms with E-state index in [0.29, 0.717) is 11.8 Å². The van der Waals surface area contributed by atoms with Gasteiger partial charge in [-0.05, 0) is 105 Å². The second-order valence-electron chi connectivity index (χ2n) is 17.2. The van der Waals surface area contributed by atoms with E-state index in [2.05, 4.69) is 88.1 Å². The largest absolute Gasteiger partial charge is 0.512 e. The third kappa shape index (κ3) is 10.4. The first kappa shape index (κ1) is 43.1. The number of fused-ring (bicyclic) bond motifs is 2. The van der Waals surface area contributed by atoms with Crippen molar-refractivity contribution in [2.24, 2.45) is 11.8 Å². The first-order chi connectivity index (χ1) is 24.9. The van der Waals surface area contributed by atoms with E-state index in [1.54, 1.807) is 0 Å². The first-order valence-electron chi connectivity index (χ1n) is 20.7. The Bertz CT molecular complexity index is 1850. The van der Waals surface area contributed by atoms with Crippen molar-refractivity contribution in [2.75, 3.05) is 0 Å². The van der Waals surface area contributed by atoms with Gasteiger partial charge in [-0.3, -0.25) is 9.78 Å². The summed E-state index contributed by atoms with van der Waals surface area (Å²) in [4.78, 5) is 17.0. The number of hydrogen-bond donors (Lipinski definition) is 1. The molecule has 5 heteroatoms. The average Bonchev–Trinajstić information content (AvgIpc) is 3.67. The Labute approximate surface area is 336 Å². The topological polar surface area (TPSA) is 50.2 Å². The molecule has 289 valence electrons. The summed E-state index contributed by atoms with van der Waals surface area (Å²) in [6.45, 7) is 20.2. The van der Waals surface area contributed by atoms with Gasteiger partial charge in [0.1, 0.15) is 0 Å². The third-order valence-electron chi connectivity index (χ3n) is 12.6. The van der Waals surface area contributed by atoms with Crippen molar-refractivity contribution in [2.45, 2.75) is 156 Å². The third-order valence-corrected chi connectivity index (χ3v) is 15.7. The average molecular weight is 909 g/mol. The molecule has 3 aromatic carbocycles. The van der Waals surface area contributed by atoms with Crippen molar-refractivity contribution >= 4 is 35.5 Å². The molecule has 3 nitrogen and oxygen atoms in total. The molecule has 0 atom stereocenters. The van der Waals surface area contributed by atoms with Crippen LogP contribution in [0.2, 0.25) is 25.2 Å². The molecule has 6 rings (SSSR count). The molecular formula is C48H66IrNO2Si-. The van der Waals surface area contributed by atoms with Gasteiger partial charge >= 0.3 is 0 Å². The number of ketones is 1. The molecular weight excluding hydrogens is 843 g/mol. The van der Waals surface area contributed by atoms with Gasteiger partial charge in [0, 0.05) is 57.2 Å². The number of aromatic nitrogens is 1. The molecule has 2 fully saturated rings. The molecule has 0 spiro atoms. The quantitative estimate of drug-likeness (QED) is 0.0706. The number of carbonyl (C=O) groups excluding carboxylic acids is 1. The standard InChI is InChI=1S/C35H42NSi.C13H24O2.Ir/c1-23-18-24(2)35-32(25-10-6-7-11-25)22-33(36-34(35)19-23)28-20-27-12-8-9-13-30(27)31(21-28)26-14-16-29(17-15-26)37(3,4)5;1-5-10(6-2)12(14)9-13(15)11(7-3)8-4;/h8-9,12-13,18-19,21-22,25-26,29H,6-7,10-11,14-17H2,1-5H3;9-11,14H,5-8H2,1-4H3;/q-1;;/b;12-9-;. The van der Waals surface area contributed by atoms with Crippen LogP contribution in [0.3, 0.4) is 0 Å². The van der Waals surface area contributed by atoms with E-state index in [-0.39, 0.29) is 43.5 Å². The minimum absolute atomic E-state index is 0. The Morgan fingerprint density at radius 1 is 0.830 bits per heavy atom. The van der Waals surface area contributed by atoms with Gasteiger partial charge in [-0.1, -0.05) is 114 Å². The number of aliphatic hydroxyl groups is 1. The molecule has 1 radical (unpaired) electrons. The number of allylic oxidation sites excluding steroid dienone is 2. The zero-order valence-electron chi connectivity index (χ0n) is 34.2. The molecule has 0 amide bonds. The maximum atomic E-state index is 11.7. The number of nitrogens with zero attached hydrogens (tertiary/aromatic N) is 1. The fraction of sp³-hybridized carbons (Fsp3) is 0.542. The van der Waals surface area contributed by atoms with E-state index >= 15 is 0 Å². The molecule has 0 saturated heterocycles. The Morgan fingerprint density at radius 2 is 1.43 bits per heavy atom. The van der Waals surface area contributed by atoms with Crippen LogP contribution in [0.25, 0.3) is 32.9 Å². The summed E-state index contributed by atoms with van der Waals surface area (Å²) in [5.74, 6) is 1.85. The van der Waals surface area contributed by atoms with Crippen LogP contribution in [0, 0.1) is 31.7 Å². The van der Waals surface area contributed by atoms with Crippen LogP contribution in [0.1, 0.15) is 139 Å². The molecule has 2 aliphatic rings. The fourth-order valence-electron chi connectivity index (χ4n) is 9.27. The Balaban J connectivity index is 0.000000335. The van der Waals surface area contributed by atoms with Crippen LogP contribution >= 0.6 is 0 Å². The number of pyridine rings is 1. The van der Waals surface area contributed by atoms with Crippen LogP contribution < -0.4 is 0 Å². The second kappa shape index (κ2) is 19.3. The molecule has 53 heavy (non-hydrogen) atoms. The zero-order chi connectivity index (χ0) is 37.6. The number of aryl methyl sites for hydroxylation is 2. The van der Waals surface area contributed by atoms with Gasteiger partial charge in [0.05, 0.1) is 11.3 Å². The smallest absolute Gasteiger partial charge is 0.162 e. The second-order valence-corrected chi connectivity index (χ2v) is 22.7. The summed E-state index contributed by atoms with van der Waals surface area (Å²) < 4.78 is 0. The number of rotatable bonds is 11. The van der Waals surface area contributed by atoms with Crippen molar-refractivity contribution in [3.05, 3.63) is 88.7 Å². The van der Waals surface area contributed by atoms with Gasteiger partial charge in [-0.15, -0.1) is 29.1 Å². The maximum Gasteiger partial charge on any atom is 0.162 e. The molecule has 1 heterocycles. The molecule has 2 saturated carbocycles. The van der Waals surface area contributed by atoms with Crippen molar-refractivity contribution in [3.8, 4) is 11.3 Å². The van der Waals surface area contributed by atoms with Crippen LogP contribution in [0.15, 0.2) is 60.4 Å². The number of hydrogen-bond acceptors (Lipinski definition) is 3. The van der Waals surface area contributed by atoms with E-state index < -0.39 is 8.07 Å². The minimum atomic E-state index is -1.08. The SMILES string of the molecule is CCC(CC)C(=O)/C=C(\O)C(CC)CC.Cc1cc(C)c2c(C3CCCC3)cc(-c3[c-]c4ccccc4c(C4CCC([Si](C)(C)C)CC4)c3)nc2c1.[Ir]. The Kier molecular flexibility index (Phi) is 15.7. The van der Waals surface area contributed by atoms with E-state index in [1.165, 1.54) is 101 Å². The van der Waals surface area contributed by atoms with E-state index in [1.807, 2.05) is 27.7 Å². The monoisotopic (exact) mass is 909 g/mol. The van der Waals surface area contributed by atoms with Crippen molar-refractivity contribution < 1.29 is 30.0 Å². The predicted molar refractivity (Wildman–Crippen MR) is 226 cm³/mol. The van der Waals surface area contributed by atoms with Crippen molar-refractivity contribution in [1.82, 2.24) is 4.98 Å². The van der Waals surface area contributed by atoms with Crippen LogP contribution in [-0.4, -0.2) is 23.9 Å². The normalized spacial score (nSPS) is 18.4. The Morgan fingerprint density at radius 3 is 2.04 bits per heavy atom. The Hall–Kier alpha value is -2.59. The summed E-state index contributed by atoms with van der Waals surface area (Å²) in [7, 11) is -1.08. The fourth-order valence-corrected chi connectivity index (χ4v) is 11.3. The molecule has 0 aliphatic heterocycles. The molecule has 2 aliphatic carbocycles. The summed E-state index contributed by atoms with van der Waals surface area (Å²) in [6, 6.07) is 22.3. The van der Waals surface area contributed by atoms with Gasteiger partial charge < -0.3 is 5.11 Å². The number of aliphatic hydroxyl groups excluding tert-OH is 1. The predicted octanol–water partition coefficient (Wildman–Crippen LogP) is 14.4.